The van der Waals surface area contributed by atoms with E-state index in [1.165, 1.54) is 0 Å². The molecule has 0 unspecified atom stereocenters. The number of aryl methyl sites for hydroxylation is 1. The standard InChI is InChI=1S/C37H23B2N3O4/c38-29-28(30(39)32(44)33(45)31(29)43)35-40-34(18-13-14-23-22-9-3-6-12-26(22)46-27(23)17-18)41-36(42-35)37-16-15-19(20-7-1-4-10-24(20)37)21-8-2-5-11-25(21)37/h1-5,7-11,13-17,19,43-45H,6,12H2. The van der Waals surface area contributed by atoms with Crippen molar-refractivity contribution in [3.05, 3.63) is 124 Å². The molecular formula is C37H23B2N3O4. The highest BCUT2D eigenvalue weighted by Crippen LogP contribution is 2.55. The van der Waals surface area contributed by atoms with Gasteiger partial charge in [0.2, 0.25) is 0 Å². The van der Waals surface area contributed by atoms with E-state index in [4.69, 9.17) is 35.1 Å². The molecule has 0 saturated carbocycles. The van der Waals surface area contributed by atoms with Crippen LogP contribution in [0.4, 0.5) is 0 Å². The first-order valence-corrected chi connectivity index (χ1v) is 15.1. The molecular weight excluding hydrogens is 572 g/mol. The van der Waals surface area contributed by atoms with Crippen LogP contribution in [0.25, 0.3) is 39.8 Å². The molecule has 0 amide bonds. The van der Waals surface area contributed by atoms with Gasteiger partial charge in [0.05, 0.1) is 5.41 Å². The summed E-state index contributed by atoms with van der Waals surface area (Å²) in [5, 5.41) is 32.5. The minimum Gasteiger partial charge on any atom is -0.505 e. The summed E-state index contributed by atoms with van der Waals surface area (Å²) in [6.45, 7) is 0. The Balaban J connectivity index is 1.36. The van der Waals surface area contributed by atoms with Crippen LogP contribution in [0.1, 0.15) is 51.7 Å². The molecule has 10 rings (SSSR count). The second kappa shape index (κ2) is 9.47. The third kappa shape index (κ3) is 3.48. The fourth-order valence-corrected chi connectivity index (χ4v) is 7.38. The summed E-state index contributed by atoms with van der Waals surface area (Å²) < 4.78 is 6.27. The van der Waals surface area contributed by atoms with Crippen LogP contribution in [0.15, 0.2) is 89.4 Å². The van der Waals surface area contributed by atoms with Crippen LogP contribution in [0.3, 0.4) is 0 Å². The number of allylic oxidation sites excluding steroid dienone is 3. The number of rotatable bonds is 3. The lowest BCUT2D eigenvalue weighted by Gasteiger charge is -2.44. The fourth-order valence-electron chi connectivity index (χ4n) is 7.38. The first kappa shape index (κ1) is 26.8. The molecule has 0 atom stereocenters. The molecule has 0 spiro atoms. The maximum Gasteiger partial charge on any atom is 0.199 e. The van der Waals surface area contributed by atoms with E-state index in [2.05, 4.69) is 48.6 Å². The lowest BCUT2D eigenvalue weighted by molar-refractivity contribution is 0.372. The molecule has 4 radical (unpaired) electrons. The van der Waals surface area contributed by atoms with Crippen LogP contribution in [0.5, 0.6) is 17.2 Å². The van der Waals surface area contributed by atoms with Crippen molar-refractivity contribution >= 4 is 43.7 Å². The zero-order chi connectivity index (χ0) is 31.3. The zero-order valence-electron chi connectivity index (χ0n) is 24.4. The predicted octanol–water partition coefficient (Wildman–Crippen LogP) is 4.97. The number of hydrogen-bond donors (Lipinski definition) is 3. The Bertz CT molecular complexity index is 2280. The van der Waals surface area contributed by atoms with Crippen LogP contribution < -0.4 is 10.9 Å². The third-order valence-corrected chi connectivity index (χ3v) is 9.58. The topological polar surface area (TPSA) is 112 Å². The van der Waals surface area contributed by atoms with Crippen molar-refractivity contribution in [2.45, 2.75) is 24.2 Å². The van der Waals surface area contributed by atoms with Crippen molar-refractivity contribution in [1.82, 2.24) is 15.0 Å². The second-order valence-corrected chi connectivity index (χ2v) is 12.0. The summed E-state index contributed by atoms with van der Waals surface area (Å²) >= 11 is 0. The number of fused-ring (bicyclic) bond motifs is 3. The Kier molecular flexibility index (Phi) is 5.52. The molecule has 0 saturated heterocycles. The van der Waals surface area contributed by atoms with Crippen LogP contribution in [0.2, 0.25) is 0 Å². The number of furan rings is 1. The molecule has 4 aliphatic rings. The average molecular weight is 595 g/mol. The third-order valence-electron chi connectivity index (χ3n) is 9.58. The quantitative estimate of drug-likeness (QED) is 0.151. The molecule has 3 N–H and O–H groups in total. The Morgan fingerprint density at radius 1 is 0.783 bits per heavy atom. The van der Waals surface area contributed by atoms with Crippen molar-refractivity contribution in [2.75, 3.05) is 0 Å². The molecule has 6 aromatic rings. The van der Waals surface area contributed by atoms with Crippen molar-refractivity contribution in [2.24, 2.45) is 0 Å². The largest absolute Gasteiger partial charge is 0.505 e. The van der Waals surface area contributed by atoms with Gasteiger partial charge in [-0.25, -0.2) is 15.0 Å². The number of phenols is 3. The van der Waals surface area contributed by atoms with Gasteiger partial charge < -0.3 is 19.7 Å². The van der Waals surface area contributed by atoms with Crippen molar-refractivity contribution in [3.63, 3.8) is 0 Å². The number of aromatic hydroxyl groups is 3. The summed E-state index contributed by atoms with van der Waals surface area (Å²) in [6, 6.07) is 22.4. The zero-order valence-corrected chi connectivity index (χ0v) is 24.4. The van der Waals surface area contributed by atoms with E-state index in [1.54, 1.807) is 0 Å². The van der Waals surface area contributed by atoms with E-state index in [1.807, 2.05) is 42.5 Å². The molecule has 4 aromatic carbocycles. The Morgan fingerprint density at radius 3 is 2.17 bits per heavy atom. The number of nitrogens with zero attached hydrogens (tertiary/aromatic N) is 3. The van der Waals surface area contributed by atoms with Gasteiger partial charge in [0.25, 0.3) is 0 Å². The van der Waals surface area contributed by atoms with Gasteiger partial charge in [-0.1, -0.05) is 78.9 Å². The first-order valence-electron chi connectivity index (χ1n) is 15.1. The van der Waals surface area contributed by atoms with Crippen molar-refractivity contribution in [1.29, 1.82) is 0 Å². The maximum atomic E-state index is 10.6. The predicted molar refractivity (Wildman–Crippen MR) is 177 cm³/mol. The van der Waals surface area contributed by atoms with Gasteiger partial charge in [-0.05, 0) is 51.7 Å². The average Bonchev–Trinajstić information content (AvgIpc) is 3.48. The van der Waals surface area contributed by atoms with Crippen molar-refractivity contribution < 1.29 is 19.7 Å². The second-order valence-electron chi connectivity index (χ2n) is 12.0. The molecule has 4 aliphatic carbocycles. The lowest BCUT2D eigenvalue weighted by Crippen LogP contribution is -2.39. The van der Waals surface area contributed by atoms with Gasteiger partial charge in [0, 0.05) is 34.4 Å². The highest BCUT2D eigenvalue weighted by molar-refractivity contribution is 6.46. The number of aromatic nitrogens is 3. The van der Waals surface area contributed by atoms with E-state index in [-0.39, 0.29) is 28.2 Å². The van der Waals surface area contributed by atoms with Crippen LogP contribution in [0, 0.1) is 0 Å². The van der Waals surface area contributed by atoms with Gasteiger partial charge in [0.1, 0.15) is 27.0 Å². The summed E-state index contributed by atoms with van der Waals surface area (Å²) in [6.07, 6.45) is 10.3. The Morgan fingerprint density at radius 2 is 1.46 bits per heavy atom. The van der Waals surface area contributed by atoms with E-state index >= 15 is 0 Å². The fraction of sp³-hybridized carbons (Fsp3) is 0.108. The number of benzene rings is 4. The van der Waals surface area contributed by atoms with Gasteiger partial charge in [-0.2, -0.15) is 0 Å². The Hall–Kier alpha value is -5.56. The highest BCUT2D eigenvalue weighted by Gasteiger charge is 2.48. The van der Waals surface area contributed by atoms with Gasteiger partial charge in [-0.15, -0.1) is 0 Å². The molecule has 46 heavy (non-hydrogen) atoms. The van der Waals surface area contributed by atoms with E-state index in [0.717, 1.165) is 51.8 Å². The normalized spacial score (nSPS) is 18.8. The first-order chi connectivity index (χ1) is 22.4. The number of phenolic OH excluding ortho intramolecular Hbond substituents is 3. The molecule has 9 heteroatoms. The summed E-state index contributed by atoms with van der Waals surface area (Å²) in [5.41, 5.74) is 5.43. The van der Waals surface area contributed by atoms with Crippen molar-refractivity contribution in [3.8, 4) is 40.0 Å². The molecule has 7 nitrogen and oxygen atoms in total. The Labute approximate surface area is 266 Å². The monoisotopic (exact) mass is 595 g/mol. The molecule has 2 bridgehead atoms. The lowest BCUT2D eigenvalue weighted by atomic mass is 9.58. The minimum absolute atomic E-state index is 0.0103. The van der Waals surface area contributed by atoms with Gasteiger partial charge in [-0.3, -0.25) is 0 Å². The van der Waals surface area contributed by atoms with Crippen LogP contribution >= 0.6 is 0 Å². The molecule has 2 aromatic heterocycles. The van der Waals surface area contributed by atoms with E-state index < -0.39 is 22.7 Å². The molecule has 0 fully saturated rings. The minimum atomic E-state index is -0.891. The van der Waals surface area contributed by atoms with Crippen LogP contribution in [-0.2, 0) is 11.8 Å². The summed E-state index contributed by atoms with van der Waals surface area (Å²) in [7, 11) is 12.6. The maximum absolute atomic E-state index is 10.6. The van der Waals surface area contributed by atoms with E-state index in [9.17, 15) is 15.3 Å². The molecule has 216 valence electrons. The summed E-state index contributed by atoms with van der Waals surface area (Å²) in [4.78, 5) is 15.0. The smallest absolute Gasteiger partial charge is 0.199 e. The SMILES string of the molecule is [B]c1c(O)c(O)c(O)c([B])c1-c1nc(-c2ccc3c4c(oc3c2)CCC=C4)nc(C23C=CC(c4ccccc42)c2ccccc23)n1. The van der Waals surface area contributed by atoms with Crippen LogP contribution in [-0.4, -0.2) is 46.0 Å². The molecule has 0 aliphatic heterocycles. The van der Waals surface area contributed by atoms with Gasteiger partial charge in [0.15, 0.2) is 34.7 Å². The number of hydrogen-bond acceptors (Lipinski definition) is 7. The summed E-state index contributed by atoms with van der Waals surface area (Å²) in [5.74, 6) is -0.442. The molecule has 2 heterocycles. The highest BCUT2D eigenvalue weighted by atomic mass is 16.3. The van der Waals surface area contributed by atoms with Gasteiger partial charge >= 0.3 is 0 Å². The van der Waals surface area contributed by atoms with E-state index in [0.29, 0.717) is 22.8 Å².